The highest BCUT2D eigenvalue weighted by atomic mass is 32.2. The number of nitrogens with zero attached hydrogens (tertiary/aromatic N) is 1. The van der Waals surface area contributed by atoms with E-state index in [1.807, 2.05) is 0 Å². The van der Waals surface area contributed by atoms with Gasteiger partial charge in [0.1, 0.15) is 0 Å². The van der Waals surface area contributed by atoms with Gasteiger partial charge >= 0.3 is 5.69 Å². The number of phenols is 1. The van der Waals surface area contributed by atoms with Gasteiger partial charge in [0.2, 0.25) is 10.0 Å². The van der Waals surface area contributed by atoms with Gasteiger partial charge in [-0.15, -0.1) is 0 Å². The quantitative estimate of drug-likeness (QED) is 0.626. The molecule has 0 amide bonds. The minimum absolute atomic E-state index is 0.242. The molecule has 1 saturated heterocycles. The first kappa shape index (κ1) is 14.7. The van der Waals surface area contributed by atoms with E-state index in [0.717, 1.165) is 18.2 Å². The zero-order chi connectivity index (χ0) is 14.8. The Hall–Kier alpha value is -1.71. The molecule has 8 nitrogen and oxygen atoms in total. The molecule has 0 saturated carbocycles. The maximum atomic E-state index is 12.1. The summed E-state index contributed by atoms with van der Waals surface area (Å²) in [5, 5.41) is 20.0. The van der Waals surface area contributed by atoms with E-state index in [9.17, 15) is 23.6 Å². The summed E-state index contributed by atoms with van der Waals surface area (Å²) in [6.45, 7) is 0.950. The van der Waals surface area contributed by atoms with Crippen LogP contribution < -0.4 is 4.72 Å². The number of nitro benzene ring substituents is 1. The fourth-order valence-corrected chi connectivity index (χ4v) is 3.24. The first-order chi connectivity index (χ1) is 9.40. The lowest BCUT2D eigenvalue weighted by atomic mass is 10.1. The van der Waals surface area contributed by atoms with Crippen molar-refractivity contribution in [2.45, 2.75) is 23.8 Å². The molecule has 0 bridgehead atoms. The Bertz CT molecular complexity index is 609. The molecule has 9 heteroatoms. The number of nitrogens with one attached hydrogen (secondary N) is 1. The van der Waals surface area contributed by atoms with Gasteiger partial charge in [-0.05, 0) is 25.0 Å². The lowest BCUT2D eigenvalue weighted by molar-refractivity contribution is -0.386. The van der Waals surface area contributed by atoms with E-state index < -0.39 is 26.4 Å². The Morgan fingerprint density at radius 2 is 2.00 bits per heavy atom. The molecule has 2 N–H and O–H groups in total. The van der Waals surface area contributed by atoms with E-state index in [1.165, 1.54) is 0 Å². The third-order valence-corrected chi connectivity index (χ3v) is 4.52. The van der Waals surface area contributed by atoms with Crippen LogP contribution in [0.2, 0.25) is 0 Å². The third-order valence-electron chi connectivity index (χ3n) is 3.00. The van der Waals surface area contributed by atoms with Gasteiger partial charge in [0.05, 0.1) is 9.82 Å². The maximum Gasteiger partial charge on any atom is 0.312 e. The number of phenolic OH excluding ortho intramolecular Hbond substituents is 1. The molecular weight excluding hydrogens is 288 g/mol. The molecule has 1 aliphatic heterocycles. The van der Waals surface area contributed by atoms with Crippen molar-refractivity contribution in [2.24, 2.45) is 0 Å². The third kappa shape index (κ3) is 3.24. The Morgan fingerprint density at radius 1 is 1.35 bits per heavy atom. The Balaban J connectivity index is 2.24. The lowest BCUT2D eigenvalue weighted by Crippen LogP contribution is -2.38. The minimum Gasteiger partial charge on any atom is -0.502 e. The van der Waals surface area contributed by atoms with Crippen molar-refractivity contribution >= 4 is 15.7 Å². The minimum atomic E-state index is -3.85. The summed E-state index contributed by atoms with van der Waals surface area (Å²) in [4.78, 5) is 9.63. The molecule has 0 unspecified atom stereocenters. The van der Waals surface area contributed by atoms with Gasteiger partial charge < -0.3 is 9.84 Å². The van der Waals surface area contributed by atoms with Gasteiger partial charge in [-0.3, -0.25) is 10.1 Å². The highest BCUT2D eigenvalue weighted by molar-refractivity contribution is 7.89. The summed E-state index contributed by atoms with van der Waals surface area (Å²) in [5.41, 5.74) is -0.639. The Morgan fingerprint density at radius 3 is 2.60 bits per heavy atom. The average molecular weight is 302 g/mol. The second kappa shape index (κ2) is 5.73. The van der Waals surface area contributed by atoms with Crippen molar-refractivity contribution in [1.29, 1.82) is 0 Å². The van der Waals surface area contributed by atoms with E-state index in [4.69, 9.17) is 4.74 Å². The van der Waals surface area contributed by atoms with E-state index >= 15 is 0 Å². The molecule has 0 radical (unpaired) electrons. The molecule has 1 aromatic carbocycles. The Labute approximate surface area is 115 Å². The zero-order valence-corrected chi connectivity index (χ0v) is 11.3. The van der Waals surface area contributed by atoms with Crippen LogP contribution in [0, 0.1) is 10.1 Å². The number of rotatable bonds is 4. The van der Waals surface area contributed by atoms with Crippen molar-refractivity contribution < 1.29 is 23.2 Å². The second-order valence-electron chi connectivity index (χ2n) is 4.42. The lowest BCUT2D eigenvalue weighted by Gasteiger charge is -2.22. The number of nitro groups is 1. The van der Waals surface area contributed by atoms with Crippen LogP contribution in [0.25, 0.3) is 0 Å². The van der Waals surface area contributed by atoms with Crippen molar-refractivity contribution in [2.75, 3.05) is 13.2 Å². The monoisotopic (exact) mass is 302 g/mol. The molecule has 1 aromatic rings. The van der Waals surface area contributed by atoms with Crippen molar-refractivity contribution in [3.63, 3.8) is 0 Å². The summed E-state index contributed by atoms with van der Waals surface area (Å²) in [7, 11) is -3.85. The largest absolute Gasteiger partial charge is 0.502 e. The summed E-state index contributed by atoms with van der Waals surface area (Å²) < 4.78 is 31.9. The van der Waals surface area contributed by atoms with Crippen LogP contribution in [0.4, 0.5) is 5.69 Å². The standard InChI is InChI=1S/C11H14N2O6S/c14-11-2-1-9(7-10(11)13(15)16)20(17,18)12-8-3-5-19-6-4-8/h1-2,7-8,12,14H,3-6H2. The van der Waals surface area contributed by atoms with Crippen LogP contribution in [-0.2, 0) is 14.8 Å². The number of benzene rings is 1. The summed E-state index contributed by atoms with van der Waals surface area (Å²) in [6, 6.07) is 2.72. The van der Waals surface area contributed by atoms with E-state index in [1.54, 1.807) is 0 Å². The molecule has 110 valence electrons. The molecule has 0 aromatic heterocycles. The average Bonchev–Trinajstić information content (AvgIpc) is 2.39. The maximum absolute atomic E-state index is 12.1. The van der Waals surface area contributed by atoms with E-state index in [-0.39, 0.29) is 10.9 Å². The molecule has 20 heavy (non-hydrogen) atoms. The highest BCUT2D eigenvalue weighted by Crippen LogP contribution is 2.28. The van der Waals surface area contributed by atoms with Crippen LogP contribution in [-0.4, -0.2) is 37.7 Å². The summed E-state index contributed by atoms with van der Waals surface area (Å²) in [5.74, 6) is -0.569. The molecule has 0 aliphatic carbocycles. The smallest absolute Gasteiger partial charge is 0.312 e. The Kier molecular flexibility index (Phi) is 4.21. The predicted molar refractivity (Wildman–Crippen MR) is 68.9 cm³/mol. The fraction of sp³-hybridized carbons (Fsp3) is 0.455. The van der Waals surface area contributed by atoms with Gasteiger partial charge in [0.25, 0.3) is 0 Å². The number of hydrogen-bond donors (Lipinski definition) is 2. The van der Waals surface area contributed by atoms with Crippen LogP contribution >= 0.6 is 0 Å². The highest BCUT2D eigenvalue weighted by Gasteiger charge is 2.25. The molecule has 1 aliphatic rings. The van der Waals surface area contributed by atoms with Crippen LogP contribution in [0.3, 0.4) is 0 Å². The van der Waals surface area contributed by atoms with Crippen molar-refractivity contribution in [3.05, 3.63) is 28.3 Å². The fourth-order valence-electron chi connectivity index (χ4n) is 1.92. The van der Waals surface area contributed by atoms with Crippen LogP contribution in [0.1, 0.15) is 12.8 Å². The van der Waals surface area contributed by atoms with Gasteiger partial charge in [-0.1, -0.05) is 0 Å². The SMILES string of the molecule is O=[N+]([O-])c1cc(S(=O)(=O)NC2CCOCC2)ccc1O. The topological polar surface area (TPSA) is 119 Å². The molecule has 0 spiro atoms. The molecular formula is C11H14N2O6S. The molecule has 1 fully saturated rings. The van der Waals surface area contributed by atoms with Gasteiger partial charge in [0, 0.05) is 25.3 Å². The van der Waals surface area contributed by atoms with Gasteiger partial charge in [-0.25, -0.2) is 13.1 Å². The van der Waals surface area contributed by atoms with Crippen LogP contribution in [0.15, 0.2) is 23.1 Å². The van der Waals surface area contributed by atoms with E-state index in [0.29, 0.717) is 26.1 Å². The summed E-state index contributed by atoms with van der Waals surface area (Å²) in [6.07, 6.45) is 1.11. The number of hydrogen-bond acceptors (Lipinski definition) is 6. The molecule has 0 atom stereocenters. The van der Waals surface area contributed by atoms with Crippen molar-refractivity contribution in [1.82, 2.24) is 4.72 Å². The molecule has 2 rings (SSSR count). The number of ether oxygens (including phenoxy) is 1. The number of aromatic hydroxyl groups is 1. The summed E-state index contributed by atoms with van der Waals surface area (Å²) >= 11 is 0. The first-order valence-electron chi connectivity index (χ1n) is 5.97. The van der Waals surface area contributed by atoms with Crippen molar-refractivity contribution in [3.8, 4) is 5.75 Å². The first-order valence-corrected chi connectivity index (χ1v) is 7.46. The second-order valence-corrected chi connectivity index (χ2v) is 6.13. The predicted octanol–water partition coefficient (Wildman–Crippen LogP) is 0.758. The molecule has 1 heterocycles. The van der Waals surface area contributed by atoms with Gasteiger partial charge in [0.15, 0.2) is 5.75 Å². The normalized spacial score (nSPS) is 17.0. The van der Waals surface area contributed by atoms with Crippen LogP contribution in [0.5, 0.6) is 5.75 Å². The van der Waals surface area contributed by atoms with Gasteiger partial charge in [-0.2, -0.15) is 0 Å². The number of sulfonamides is 1. The zero-order valence-electron chi connectivity index (χ0n) is 10.5. The van der Waals surface area contributed by atoms with E-state index in [2.05, 4.69) is 4.72 Å².